The molecule has 0 fully saturated rings. The lowest BCUT2D eigenvalue weighted by Crippen LogP contribution is -1.89. The molecule has 2 heteroatoms. The van der Waals surface area contributed by atoms with Crippen molar-refractivity contribution in [2.45, 2.75) is 47.0 Å². The zero-order chi connectivity index (χ0) is 13.1. The first-order valence-corrected chi connectivity index (χ1v) is 6.89. The van der Waals surface area contributed by atoms with Crippen LogP contribution in [-0.2, 0) is 12.8 Å². The number of aromatic nitrogens is 2. The van der Waals surface area contributed by atoms with Crippen LogP contribution in [0, 0.1) is 13.8 Å². The summed E-state index contributed by atoms with van der Waals surface area (Å²) in [6.07, 6.45) is 3.50. The molecule has 0 aliphatic heterocycles. The average Bonchev–Trinajstić information content (AvgIpc) is 2.65. The number of hydrogen-bond acceptors (Lipinski definition) is 1. The van der Waals surface area contributed by atoms with Gasteiger partial charge in [0.1, 0.15) is 5.82 Å². The van der Waals surface area contributed by atoms with Crippen molar-refractivity contribution in [1.29, 1.82) is 0 Å². The summed E-state index contributed by atoms with van der Waals surface area (Å²) in [5, 5.41) is 0. The van der Waals surface area contributed by atoms with Crippen molar-refractivity contribution in [3.63, 3.8) is 0 Å². The van der Waals surface area contributed by atoms with Gasteiger partial charge in [-0.15, -0.1) is 0 Å². The Kier molecular flexibility index (Phi) is 3.85. The molecule has 1 heterocycles. The molecular formula is C16H22N2. The van der Waals surface area contributed by atoms with Crippen LogP contribution in [0.1, 0.15) is 42.9 Å². The molecule has 1 aliphatic rings. The van der Waals surface area contributed by atoms with Crippen LogP contribution in [0.2, 0.25) is 0 Å². The fourth-order valence-electron chi connectivity index (χ4n) is 2.56. The van der Waals surface area contributed by atoms with Crippen LogP contribution in [-0.4, -0.2) is 9.97 Å². The van der Waals surface area contributed by atoms with Gasteiger partial charge in [-0.3, -0.25) is 0 Å². The number of aromatic amines is 1. The molecular weight excluding hydrogens is 220 g/mol. The number of nitrogens with zero attached hydrogens (tertiary/aromatic N) is 1. The molecule has 96 valence electrons. The first kappa shape index (κ1) is 12.9. The fourth-order valence-corrected chi connectivity index (χ4v) is 2.56. The molecule has 1 aromatic carbocycles. The summed E-state index contributed by atoms with van der Waals surface area (Å²) in [6, 6.07) is 6.70. The first-order chi connectivity index (χ1) is 8.74. The average molecular weight is 242 g/mol. The molecule has 0 saturated heterocycles. The number of aryl methyl sites for hydroxylation is 4. The zero-order valence-electron chi connectivity index (χ0n) is 11.8. The normalized spacial score (nSPS) is 12.9. The smallest absolute Gasteiger partial charge is 0.103 e. The molecule has 0 amide bonds. The third-order valence-corrected chi connectivity index (χ3v) is 3.29. The third-order valence-electron chi connectivity index (χ3n) is 3.29. The standard InChI is InChI=1S/C14H16N2.C2H6/c1-9-6-7-12-11(8-9)4-3-5-13-14(12)16-10(2)15-13;1-2/h6-8H,3-5H2,1-2H3,(H,15,16);1-2H3. The van der Waals surface area contributed by atoms with E-state index in [2.05, 4.69) is 35.1 Å². The molecule has 18 heavy (non-hydrogen) atoms. The number of H-pyrrole nitrogens is 1. The SMILES string of the molecule is CC.Cc1ccc2c(c1)CCCc1[nH]c(C)nc1-2. The van der Waals surface area contributed by atoms with E-state index in [0.717, 1.165) is 12.2 Å². The number of nitrogens with one attached hydrogen (secondary N) is 1. The molecule has 0 radical (unpaired) electrons. The van der Waals surface area contributed by atoms with Crippen molar-refractivity contribution >= 4 is 0 Å². The number of benzene rings is 1. The highest BCUT2D eigenvalue weighted by Crippen LogP contribution is 2.31. The molecule has 0 unspecified atom stereocenters. The predicted molar refractivity (Wildman–Crippen MR) is 76.9 cm³/mol. The Morgan fingerprint density at radius 1 is 1.11 bits per heavy atom. The lowest BCUT2D eigenvalue weighted by molar-refractivity contribution is 0.814. The summed E-state index contributed by atoms with van der Waals surface area (Å²) in [4.78, 5) is 8.01. The Hall–Kier alpha value is -1.57. The van der Waals surface area contributed by atoms with E-state index in [1.54, 1.807) is 0 Å². The largest absolute Gasteiger partial charge is 0.346 e. The van der Waals surface area contributed by atoms with E-state index in [4.69, 9.17) is 0 Å². The second kappa shape index (κ2) is 5.38. The summed E-state index contributed by atoms with van der Waals surface area (Å²) in [6.45, 7) is 8.18. The Morgan fingerprint density at radius 2 is 1.89 bits per heavy atom. The predicted octanol–water partition coefficient (Wildman–Crippen LogP) is 4.21. The molecule has 2 aromatic rings. The molecule has 0 atom stereocenters. The van der Waals surface area contributed by atoms with E-state index in [1.165, 1.54) is 40.9 Å². The highest BCUT2D eigenvalue weighted by atomic mass is 14.9. The number of imidazole rings is 1. The van der Waals surface area contributed by atoms with E-state index < -0.39 is 0 Å². The van der Waals surface area contributed by atoms with Gasteiger partial charge in [0.15, 0.2) is 0 Å². The van der Waals surface area contributed by atoms with Gasteiger partial charge in [0.25, 0.3) is 0 Å². The Labute approximate surface area is 109 Å². The van der Waals surface area contributed by atoms with Gasteiger partial charge >= 0.3 is 0 Å². The highest BCUT2D eigenvalue weighted by molar-refractivity contribution is 5.67. The van der Waals surface area contributed by atoms with Crippen LogP contribution < -0.4 is 0 Å². The maximum Gasteiger partial charge on any atom is 0.103 e. The van der Waals surface area contributed by atoms with Crippen molar-refractivity contribution in [1.82, 2.24) is 9.97 Å². The van der Waals surface area contributed by atoms with Gasteiger partial charge in [-0.25, -0.2) is 4.98 Å². The van der Waals surface area contributed by atoms with Crippen LogP contribution >= 0.6 is 0 Å². The second-order valence-corrected chi connectivity index (χ2v) is 4.66. The van der Waals surface area contributed by atoms with Crippen LogP contribution in [0.25, 0.3) is 11.3 Å². The minimum absolute atomic E-state index is 1.03. The summed E-state index contributed by atoms with van der Waals surface area (Å²) in [5.74, 6) is 1.03. The Bertz CT molecular complexity index is 538. The van der Waals surface area contributed by atoms with Gasteiger partial charge in [0, 0.05) is 11.3 Å². The van der Waals surface area contributed by atoms with Gasteiger partial charge in [-0.05, 0) is 38.7 Å². The van der Waals surface area contributed by atoms with E-state index in [1.807, 2.05) is 20.8 Å². The van der Waals surface area contributed by atoms with Crippen molar-refractivity contribution in [3.05, 3.63) is 40.8 Å². The topological polar surface area (TPSA) is 28.7 Å². The summed E-state index contributed by atoms with van der Waals surface area (Å²) in [5.41, 5.74) is 6.59. The van der Waals surface area contributed by atoms with E-state index in [9.17, 15) is 0 Å². The lowest BCUT2D eigenvalue weighted by Gasteiger charge is -2.05. The van der Waals surface area contributed by atoms with Crippen LogP contribution in [0.5, 0.6) is 0 Å². The molecule has 1 aromatic heterocycles. The van der Waals surface area contributed by atoms with Crippen LogP contribution in [0.15, 0.2) is 18.2 Å². The molecule has 0 spiro atoms. The maximum absolute atomic E-state index is 4.63. The molecule has 1 aliphatic carbocycles. The summed E-state index contributed by atoms with van der Waals surface area (Å²) >= 11 is 0. The van der Waals surface area contributed by atoms with Gasteiger partial charge in [-0.1, -0.05) is 37.6 Å². The summed E-state index contributed by atoms with van der Waals surface area (Å²) in [7, 11) is 0. The molecule has 3 rings (SSSR count). The van der Waals surface area contributed by atoms with Gasteiger partial charge in [0.05, 0.1) is 5.69 Å². The monoisotopic (exact) mass is 242 g/mol. The molecule has 0 saturated carbocycles. The van der Waals surface area contributed by atoms with Crippen molar-refractivity contribution < 1.29 is 0 Å². The minimum Gasteiger partial charge on any atom is -0.346 e. The highest BCUT2D eigenvalue weighted by Gasteiger charge is 2.17. The van der Waals surface area contributed by atoms with Gasteiger partial charge in [-0.2, -0.15) is 0 Å². The number of fused-ring (bicyclic) bond motifs is 3. The third kappa shape index (κ3) is 2.33. The molecule has 0 bridgehead atoms. The zero-order valence-corrected chi connectivity index (χ0v) is 11.8. The van der Waals surface area contributed by atoms with Crippen molar-refractivity contribution in [2.75, 3.05) is 0 Å². The molecule has 1 N–H and O–H groups in total. The molecule has 2 nitrogen and oxygen atoms in total. The van der Waals surface area contributed by atoms with Crippen molar-refractivity contribution in [3.8, 4) is 11.3 Å². The van der Waals surface area contributed by atoms with E-state index in [0.29, 0.717) is 0 Å². The minimum atomic E-state index is 1.03. The number of rotatable bonds is 0. The summed E-state index contributed by atoms with van der Waals surface area (Å²) < 4.78 is 0. The van der Waals surface area contributed by atoms with Gasteiger partial charge < -0.3 is 4.98 Å². The van der Waals surface area contributed by atoms with Crippen LogP contribution in [0.3, 0.4) is 0 Å². The second-order valence-electron chi connectivity index (χ2n) is 4.66. The first-order valence-electron chi connectivity index (χ1n) is 6.89. The lowest BCUT2D eigenvalue weighted by atomic mass is 10.0. The number of hydrogen-bond donors (Lipinski definition) is 1. The van der Waals surface area contributed by atoms with Gasteiger partial charge in [0.2, 0.25) is 0 Å². The van der Waals surface area contributed by atoms with E-state index >= 15 is 0 Å². The van der Waals surface area contributed by atoms with Crippen LogP contribution in [0.4, 0.5) is 0 Å². The fraction of sp³-hybridized carbons (Fsp3) is 0.438. The quantitative estimate of drug-likeness (QED) is 0.736. The Balaban J connectivity index is 0.000000574. The van der Waals surface area contributed by atoms with Crippen molar-refractivity contribution in [2.24, 2.45) is 0 Å². The van der Waals surface area contributed by atoms with E-state index in [-0.39, 0.29) is 0 Å². The Morgan fingerprint density at radius 3 is 2.67 bits per heavy atom. The maximum atomic E-state index is 4.63.